The summed E-state index contributed by atoms with van der Waals surface area (Å²) in [5.41, 5.74) is 2.78. The number of pyridine rings is 1. The summed E-state index contributed by atoms with van der Waals surface area (Å²) < 4.78 is 5.29. The number of nitrogens with zero attached hydrogens (tertiary/aromatic N) is 2. The van der Waals surface area contributed by atoms with Gasteiger partial charge in [0.25, 0.3) is 0 Å². The molecule has 0 aliphatic carbocycles. The zero-order chi connectivity index (χ0) is 19.4. The first-order valence-electron chi connectivity index (χ1n) is 8.41. The van der Waals surface area contributed by atoms with Crippen LogP contribution in [-0.4, -0.2) is 33.2 Å². The Morgan fingerprint density at radius 1 is 1.22 bits per heavy atom. The SMILES string of the molecule is CC(C)(C)OC(=O)Nc1ccncc1C=Cc1n[nH]c2ccc(C=O)cc12. The van der Waals surface area contributed by atoms with Gasteiger partial charge in [0.1, 0.15) is 11.9 Å². The standard InChI is InChI=1S/C20H20N4O3/c1-20(2,3)27-19(26)22-16-8-9-21-11-14(16)5-7-18-15-10-13(12-25)4-6-17(15)23-24-18/h4-12H,1-3H3,(H,23,24)(H,21,22,26). The van der Waals surface area contributed by atoms with Crippen LogP contribution in [0.2, 0.25) is 0 Å². The molecular formula is C20H20N4O3. The van der Waals surface area contributed by atoms with Gasteiger partial charge in [-0.15, -0.1) is 0 Å². The van der Waals surface area contributed by atoms with E-state index in [1.54, 1.807) is 63.5 Å². The Morgan fingerprint density at radius 3 is 2.78 bits per heavy atom. The largest absolute Gasteiger partial charge is 0.444 e. The average molecular weight is 364 g/mol. The third-order valence-corrected chi connectivity index (χ3v) is 3.66. The predicted octanol–water partition coefficient (Wildman–Crippen LogP) is 4.29. The summed E-state index contributed by atoms with van der Waals surface area (Å²) in [4.78, 5) is 27.1. The van der Waals surface area contributed by atoms with Crippen molar-refractivity contribution in [3.05, 3.63) is 53.5 Å². The molecule has 0 spiro atoms. The number of amides is 1. The van der Waals surface area contributed by atoms with Crippen molar-refractivity contribution in [3.8, 4) is 0 Å². The number of hydrogen-bond donors (Lipinski definition) is 2. The van der Waals surface area contributed by atoms with Crippen LogP contribution < -0.4 is 5.32 Å². The highest BCUT2D eigenvalue weighted by Gasteiger charge is 2.17. The Kier molecular flexibility index (Phi) is 5.03. The zero-order valence-electron chi connectivity index (χ0n) is 15.3. The van der Waals surface area contributed by atoms with Crippen LogP contribution in [0.5, 0.6) is 0 Å². The molecule has 2 heterocycles. The Bertz CT molecular complexity index is 1020. The van der Waals surface area contributed by atoms with Crippen LogP contribution in [0.4, 0.5) is 10.5 Å². The monoisotopic (exact) mass is 364 g/mol. The molecule has 0 aliphatic heterocycles. The highest BCUT2D eigenvalue weighted by atomic mass is 16.6. The molecule has 1 aromatic carbocycles. The molecule has 1 amide bonds. The number of H-pyrrole nitrogens is 1. The number of anilines is 1. The summed E-state index contributed by atoms with van der Waals surface area (Å²) >= 11 is 0. The Morgan fingerprint density at radius 2 is 2.04 bits per heavy atom. The smallest absolute Gasteiger partial charge is 0.412 e. The quantitative estimate of drug-likeness (QED) is 0.673. The Balaban J connectivity index is 1.86. The molecule has 0 radical (unpaired) electrons. The van der Waals surface area contributed by atoms with Crippen LogP contribution in [0.25, 0.3) is 23.1 Å². The summed E-state index contributed by atoms with van der Waals surface area (Å²) in [6.07, 6.45) is 7.07. The number of carbonyl (C=O) groups is 2. The van der Waals surface area contributed by atoms with Gasteiger partial charge in [0.15, 0.2) is 0 Å². The fourth-order valence-corrected chi connectivity index (χ4v) is 2.49. The van der Waals surface area contributed by atoms with E-state index in [9.17, 15) is 9.59 Å². The van der Waals surface area contributed by atoms with Crippen molar-refractivity contribution >= 4 is 41.1 Å². The van der Waals surface area contributed by atoms with Crippen molar-refractivity contribution < 1.29 is 14.3 Å². The number of nitrogens with one attached hydrogen (secondary N) is 2. The second kappa shape index (κ2) is 7.41. The number of aldehydes is 1. The highest BCUT2D eigenvalue weighted by Crippen LogP contribution is 2.22. The van der Waals surface area contributed by atoms with Gasteiger partial charge in [-0.1, -0.05) is 0 Å². The molecule has 2 aromatic heterocycles. The number of aromatic amines is 1. The number of aromatic nitrogens is 3. The van der Waals surface area contributed by atoms with Gasteiger partial charge >= 0.3 is 6.09 Å². The third-order valence-electron chi connectivity index (χ3n) is 3.66. The minimum Gasteiger partial charge on any atom is -0.444 e. The molecule has 0 aliphatic rings. The van der Waals surface area contributed by atoms with Crippen molar-refractivity contribution in [2.45, 2.75) is 26.4 Å². The maximum absolute atomic E-state index is 12.0. The highest BCUT2D eigenvalue weighted by molar-refractivity contribution is 5.94. The summed E-state index contributed by atoms with van der Waals surface area (Å²) in [6, 6.07) is 7.00. The lowest BCUT2D eigenvalue weighted by atomic mass is 10.1. The summed E-state index contributed by atoms with van der Waals surface area (Å²) in [7, 11) is 0. The molecule has 138 valence electrons. The van der Waals surface area contributed by atoms with Gasteiger partial charge in [-0.3, -0.25) is 20.2 Å². The molecule has 3 rings (SSSR count). The van der Waals surface area contributed by atoms with Crippen LogP contribution in [0.3, 0.4) is 0 Å². The van der Waals surface area contributed by atoms with Crippen LogP contribution >= 0.6 is 0 Å². The number of rotatable bonds is 4. The Hall–Kier alpha value is -3.48. The average Bonchev–Trinajstić information content (AvgIpc) is 3.01. The predicted molar refractivity (Wildman–Crippen MR) is 105 cm³/mol. The van der Waals surface area contributed by atoms with Gasteiger partial charge in [0, 0.05) is 28.9 Å². The van der Waals surface area contributed by atoms with E-state index in [1.807, 2.05) is 6.07 Å². The van der Waals surface area contributed by atoms with Crippen LogP contribution in [0.15, 0.2) is 36.7 Å². The summed E-state index contributed by atoms with van der Waals surface area (Å²) in [5, 5.41) is 10.8. The molecule has 0 fully saturated rings. The lowest BCUT2D eigenvalue weighted by Crippen LogP contribution is -2.27. The molecule has 0 unspecified atom stereocenters. The summed E-state index contributed by atoms with van der Waals surface area (Å²) in [5.74, 6) is 0. The van der Waals surface area contributed by atoms with Crippen molar-refractivity contribution in [1.82, 2.24) is 15.2 Å². The normalized spacial score (nSPS) is 11.7. The van der Waals surface area contributed by atoms with Gasteiger partial charge in [0.05, 0.1) is 16.9 Å². The summed E-state index contributed by atoms with van der Waals surface area (Å²) in [6.45, 7) is 5.41. The maximum Gasteiger partial charge on any atom is 0.412 e. The van der Waals surface area contributed by atoms with E-state index in [0.29, 0.717) is 22.5 Å². The third kappa shape index (κ3) is 4.58. The number of benzene rings is 1. The molecular weight excluding hydrogens is 344 g/mol. The van der Waals surface area contributed by atoms with Crippen molar-refractivity contribution in [2.24, 2.45) is 0 Å². The minimum absolute atomic E-state index is 0.538. The van der Waals surface area contributed by atoms with Crippen LogP contribution in [-0.2, 0) is 4.74 Å². The Labute approximate surface area is 156 Å². The second-order valence-electron chi connectivity index (χ2n) is 6.95. The first kappa shape index (κ1) is 18.3. The van der Waals surface area contributed by atoms with Gasteiger partial charge in [-0.2, -0.15) is 5.10 Å². The molecule has 7 heteroatoms. The van der Waals surface area contributed by atoms with Crippen LogP contribution in [0, 0.1) is 0 Å². The van der Waals surface area contributed by atoms with Crippen molar-refractivity contribution in [1.29, 1.82) is 0 Å². The van der Waals surface area contributed by atoms with E-state index in [0.717, 1.165) is 17.2 Å². The topological polar surface area (TPSA) is 97.0 Å². The zero-order valence-corrected chi connectivity index (χ0v) is 15.3. The lowest BCUT2D eigenvalue weighted by Gasteiger charge is -2.20. The molecule has 27 heavy (non-hydrogen) atoms. The molecule has 0 bridgehead atoms. The molecule has 0 saturated heterocycles. The van der Waals surface area contributed by atoms with Crippen molar-refractivity contribution in [3.63, 3.8) is 0 Å². The van der Waals surface area contributed by atoms with Crippen LogP contribution in [0.1, 0.15) is 42.4 Å². The molecule has 0 atom stereocenters. The maximum atomic E-state index is 12.0. The van der Waals surface area contributed by atoms with E-state index in [1.165, 1.54) is 0 Å². The molecule has 3 aromatic rings. The number of ether oxygens (including phenoxy) is 1. The van der Waals surface area contributed by atoms with E-state index < -0.39 is 11.7 Å². The molecule has 2 N–H and O–H groups in total. The van der Waals surface area contributed by atoms with Gasteiger partial charge in [-0.25, -0.2) is 4.79 Å². The van der Waals surface area contributed by atoms with E-state index in [-0.39, 0.29) is 0 Å². The molecule has 0 saturated carbocycles. The fourth-order valence-electron chi connectivity index (χ4n) is 2.49. The van der Waals surface area contributed by atoms with Gasteiger partial charge in [0.2, 0.25) is 0 Å². The van der Waals surface area contributed by atoms with Gasteiger partial charge < -0.3 is 4.74 Å². The first-order valence-corrected chi connectivity index (χ1v) is 8.41. The second-order valence-corrected chi connectivity index (χ2v) is 6.95. The fraction of sp³-hybridized carbons (Fsp3) is 0.200. The van der Waals surface area contributed by atoms with E-state index in [4.69, 9.17) is 4.74 Å². The minimum atomic E-state index is -0.586. The number of carbonyl (C=O) groups excluding carboxylic acids is 2. The number of fused-ring (bicyclic) bond motifs is 1. The van der Waals surface area contributed by atoms with E-state index >= 15 is 0 Å². The lowest BCUT2D eigenvalue weighted by molar-refractivity contribution is 0.0635. The van der Waals surface area contributed by atoms with Crippen molar-refractivity contribution in [2.75, 3.05) is 5.32 Å². The first-order chi connectivity index (χ1) is 12.9. The molecule has 7 nitrogen and oxygen atoms in total. The number of hydrogen-bond acceptors (Lipinski definition) is 5. The van der Waals surface area contributed by atoms with E-state index in [2.05, 4.69) is 20.5 Å². The van der Waals surface area contributed by atoms with Gasteiger partial charge in [-0.05, 0) is 57.2 Å².